The molecule has 1 aromatic rings. The van der Waals surface area contributed by atoms with E-state index in [1.54, 1.807) is 0 Å². The van der Waals surface area contributed by atoms with Crippen molar-refractivity contribution < 1.29 is 4.74 Å². The zero-order chi connectivity index (χ0) is 13.5. The fourth-order valence-corrected chi connectivity index (χ4v) is 3.67. The highest BCUT2D eigenvalue weighted by Crippen LogP contribution is 2.44. The van der Waals surface area contributed by atoms with E-state index in [9.17, 15) is 0 Å². The number of ether oxygens (including phenoxy) is 1. The molecule has 1 heterocycles. The fourth-order valence-electron chi connectivity index (χ4n) is 3.67. The number of hydrogen-bond acceptors (Lipinski definition) is 2. The van der Waals surface area contributed by atoms with Gasteiger partial charge in [-0.05, 0) is 39.2 Å². The average molecular weight is 259 g/mol. The quantitative estimate of drug-likeness (QED) is 0.752. The van der Waals surface area contributed by atoms with Gasteiger partial charge in [0.2, 0.25) is 0 Å². The van der Waals surface area contributed by atoms with Gasteiger partial charge >= 0.3 is 0 Å². The van der Waals surface area contributed by atoms with Crippen molar-refractivity contribution in [3.63, 3.8) is 0 Å². The minimum absolute atomic E-state index is 0.134. The number of hydrogen-bond donors (Lipinski definition) is 0. The van der Waals surface area contributed by atoms with Crippen molar-refractivity contribution in [2.45, 2.75) is 70.4 Å². The van der Waals surface area contributed by atoms with Crippen molar-refractivity contribution in [3.05, 3.63) is 35.9 Å². The molecule has 1 aliphatic heterocycles. The van der Waals surface area contributed by atoms with E-state index in [0.29, 0.717) is 12.1 Å². The number of rotatable bonds is 1. The predicted molar refractivity (Wildman–Crippen MR) is 77.9 cm³/mol. The highest BCUT2D eigenvalue weighted by molar-refractivity contribution is 5.20. The maximum Gasteiger partial charge on any atom is 0.137 e. The normalized spacial score (nSPS) is 32.3. The third-order valence-electron chi connectivity index (χ3n) is 4.44. The Bertz CT molecular complexity index is 423. The third kappa shape index (κ3) is 2.44. The first-order chi connectivity index (χ1) is 9.07. The molecule has 0 amide bonds. The van der Waals surface area contributed by atoms with Gasteiger partial charge in [0.1, 0.15) is 6.23 Å². The van der Waals surface area contributed by atoms with Gasteiger partial charge in [-0.3, -0.25) is 4.90 Å². The molecule has 1 saturated heterocycles. The Hall–Kier alpha value is -0.860. The molecule has 0 spiro atoms. The minimum atomic E-state index is 0.134. The topological polar surface area (TPSA) is 12.5 Å². The second kappa shape index (κ2) is 4.92. The number of benzene rings is 1. The van der Waals surface area contributed by atoms with Gasteiger partial charge < -0.3 is 4.74 Å². The fraction of sp³-hybridized carbons (Fsp3) is 0.647. The smallest absolute Gasteiger partial charge is 0.137 e. The molecule has 0 radical (unpaired) electrons. The van der Waals surface area contributed by atoms with Gasteiger partial charge in [0.05, 0.1) is 6.10 Å². The molecule has 3 rings (SSSR count). The van der Waals surface area contributed by atoms with Gasteiger partial charge in [-0.15, -0.1) is 0 Å². The third-order valence-corrected chi connectivity index (χ3v) is 4.44. The summed E-state index contributed by atoms with van der Waals surface area (Å²) in [6, 6.07) is 11.3. The van der Waals surface area contributed by atoms with Crippen LogP contribution in [-0.2, 0) is 4.74 Å². The molecule has 0 N–H and O–H groups in total. The summed E-state index contributed by atoms with van der Waals surface area (Å²) in [5.41, 5.74) is 1.45. The Morgan fingerprint density at radius 3 is 2.42 bits per heavy atom. The second-order valence-electron chi connectivity index (χ2n) is 6.87. The van der Waals surface area contributed by atoms with Gasteiger partial charge in [-0.1, -0.05) is 43.2 Å². The van der Waals surface area contributed by atoms with Crippen molar-refractivity contribution in [1.29, 1.82) is 0 Å². The molecule has 2 fully saturated rings. The molecule has 2 aliphatic rings. The van der Waals surface area contributed by atoms with E-state index in [4.69, 9.17) is 4.74 Å². The van der Waals surface area contributed by atoms with E-state index in [1.807, 2.05) is 0 Å². The van der Waals surface area contributed by atoms with Crippen LogP contribution in [0.2, 0.25) is 0 Å². The first-order valence-corrected chi connectivity index (χ1v) is 7.56. The lowest BCUT2D eigenvalue weighted by molar-refractivity contribution is -0.0341. The van der Waals surface area contributed by atoms with Crippen LogP contribution < -0.4 is 0 Å². The highest BCUT2D eigenvalue weighted by Gasteiger charge is 2.47. The van der Waals surface area contributed by atoms with E-state index < -0.39 is 0 Å². The van der Waals surface area contributed by atoms with Crippen LogP contribution in [0.3, 0.4) is 0 Å². The molecule has 2 heteroatoms. The van der Waals surface area contributed by atoms with E-state index in [0.717, 1.165) is 0 Å². The molecule has 0 aromatic heterocycles. The molecule has 1 aromatic carbocycles. The van der Waals surface area contributed by atoms with Crippen molar-refractivity contribution in [2.75, 3.05) is 0 Å². The zero-order valence-electron chi connectivity index (χ0n) is 12.3. The number of nitrogens with zero attached hydrogens (tertiary/aromatic N) is 1. The van der Waals surface area contributed by atoms with E-state index in [2.05, 4.69) is 56.0 Å². The summed E-state index contributed by atoms with van der Waals surface area (Å²) in [7, 11) is 0. The van der Waals surface area contributed by atoms with Crippen molar-refractivity contribution in [1.82, 2.24) is 4.90 Å². The lowest BCUT2D eigenvalue weighted by Gasteiger charge is -2.41. The van der Waals surface area contributed by atoms with Gasteiger partial charge in [0.15, 0.2) is 0 Å². The molecular formula is C17H25NO. The first-order valence-electron chi connectivity index (χ1n) is 7.56. The minimum Gasteiger partial charge on any atom is -0.354 e. The molecule has 2 nitrogen and oxygen atoms in total. The Morgan fingerprint density at radius 1 is 1.05 bits per heavy atom. The molecule has 3 unspecified atom stereocenters. The summed E-state index contributed by atoms with van der Waals surface area (Å²) >= 11 is 0. The molecule has 0 bridgehead atoms. The maximum absolute atomic E-state index is 6.42. The SMILES string of the molecule is CC(C)(C)N1C(c2ccccc2)OC2CCCCC21. The average Bonchev–Trinajstić information content (AvgIpc) is 2.79. The standard InChI is InChI=1S/C17H25NO/c1-17(2,3)18-14-11-7-8-12-15(14)19-16(18)13-9-5-4-6-10-13/h4-6,9-10,14-16H,7-8,11-12H2,1-3H3. The van der Waals surface area contributed by atoms with Crippen molar-refractivity contribution >= 4 is 0 Å². The summed E-state index contributed by atoms with van der Waals surface area (Å²) in [5.74, 6) is 0. The molecule has 104 valence electrons. The van der Waals surface area contributed by atoms with Crippen LogP contribution in [0, 0.1) is 0 Å². The lowest BCUT2D eigenvalue weighted by Crippen LogP contribution is -2.48. The Balaban J connectivity index is 1.94. The molecule has 1 aliphatic carbocycles. The van der Waals surface area contributed by atoms with Crippen LogP contribution in [0.15, 0.2) is 30.3 Å². The van der Waals surface area contributed by atoms with Crippen LogP contribution in [0.1, 0.15) is 58.2 Å². The Labute approximate surface area is 116 Å². The summed E-state index contributed by atoms with van der Waals surface area (Å²) in [6.07, 6.45) is 5.73. The van der Waals surface area contributed by atoms with Crippen LogP contribution in [-0.4, -0.2) is 22.6 Å². The Kier molecular flexibility index (Phi) is 3.40. The summed E-state index contributed by atoms with van der Waals surface area (Å²) < 4.78 is 6.42. The summed E-state index contributed by atoms with van der Waals surface area (Å²) in [5, 5.41) is 0. The maximum atomic E-state index is 6.42. The molecule has 1 saturated carbocycles. The van der Waals surface area contributed by atoms with E-state index in [-0.39, 0.29) is 11.8 Å². The molecule has 19 heavy (non-hydrogen) atoms. The molecular weight excluding hydrogens is 234 g/mol. The monoisotopic (exact) mass is 259 g/mol. The molecule has 3 atom stereocenters. The van der Waals surface area contributed by atoms with Gasteiger partial charge in [0, 0.05) is 11.6 Å². The largest absolute Gasteiger partial charge is 0.354 e. The van der Waals surface area contributed by atoms with Crippen LogP contribution in [0.25, 0.3) is 0 Å². The summed E-state index contributed by atoms with van der Waals surface area (Å²) in [6.45, 7) is 6.93. The van der Waals surface area contributed by atoms with Gasteiger partial charge in [-0.25, -0.2) is 0 Å². The second-order valence-corrected chi connectivity index (χ2v) is 6.87. The Morgan fingerprint density at radius 2 is 1.74 bits per heavy atom. The van der Waals surface area contributed by atoms with Gasteiger partial charge in [-0.2, -0.15) is 0 Å². The van der Waals surface area contributed by atoms with Gasteiger partial charge in [0.25, 0.3) is 0 Å². The van der Waals surface area contributed by atoms with Crippen LogP contribution in [0.5, 0.6) is 0 Å². The number of fused-ring (bicyclic) bond motifs is 1. The predicted octanol–water partition coefficient (Wildman–Crippen LogP) is 4.13. The van der Waals surface area contributed by atoms with E-state index >= 15 is 0 Å². The lowest BCUT2D eigenvalue weighted by atomic mass is 9.89. The summed E-state index contributed by atoms with van der Waals surface area (Å²) in [4.78, 5) is 2.60. The van der Waals surface area contributed by atoms with Crippen molar-refractivity contribution in [2.24, 2.45) is 0 Å². The highest BCUT2D eigenvalue weighted by atomic mass is 16.5. The van der Waals surface area contributed by atoms with E-state index in [1.165, 1.54) is 31.2 Å². The van der Waals surface area contributed by atoms with Crippen molar-refractivity contribution in [3.8, 4) is 0 Å². The zero-order valence-corrected chi connectivity index (χ0v) is 12.3. The van der Waals surface area contributed by atoms with Crippen LogP contribution in [0.4, 0.5) is 0 Å². The van der Waals surface area contributed by atoms with Crippen LogP contribution >= 0.6 is 0 Å². The first kappa shape index (κ1) is 13.1.